The highest BCUT2D eigenvalue weighted by Crippen LogP contribution is 2.36. The molecule has 0 aromatic heterocycles. The van der Waals surface area contributed by atoms with E-state index >= 15 is 0 Å². The molecule has 0 aromatic rings. The van der Waals surface area contributed by atoms with E-state index < -0.39 is 23.7 Å². The van der Waals surface area contributed by atoms with Gasteiger partial charge in [-0.05, 0) is 70.6 Å². The Morgan fingerprint density at radius 1 is 0.593 bits per heavy atom. The molecule has 27 heavy (non-hydrogen) atoms. The van der Waals surface area contributed by atoms with Crippen LogP contribution in [0.1, 0.15) is 83.5 Å². The summed E-state index contributed by atoms with van der Waals surface area (Å²) in [6.45, 7) is 0. The van der Waals surface area contributed by atoms with Crippen molar-refractivity contribution in [2.24, 2.45) is 17.8 Å². The standard InChI is InChI=1S/C21H32O6/c22-19(23)14-11-15(20(24)26-17-7-3-1-4-8-17)13-16(12-14)21(25)27-18-9-5-2-6-10-18/h14-18H,1-13H2,(H,22,23). The fraction of sp³-hybridized carbons (Fsp3) is 0.857. The minimum atomic E-state index is -0.944. The van der Waals surface area contributed by atoms with Crippen molar-refractivity contribution in [2.45, 2.75) is 95.7 Å². The topological polar surface area (TPSA) is 89.9 Å². The van der Waals surface area contributed by atoms with Gasteiger partial charge in [0, 0.05) is 0 Å². The van der Waals surface area contributed by atoms with Crippen LogP contribution in [-0.4, -0.2) is 35.2 Å². The molecule has 2 unspecified atom stereocenters. The summed E-state index contributed by atoms with van der Waals surface area (Å²) in [7, 11) is 0. The number of rotatable bonds is 5. The zero-order valence-electron chi connectivity index (χ0n) is 16.1. The summed E-state index contributed by atoms with van der Waals surface area (Å²) in [5.41, 5.74) is 0. The Labute approximate surface area is 161 Å². The molecule has 0 aliphatic heterocycles. The molecule has 152 valence electrons. The monoisotopic (exact) mass is 380 g/mol. The molecule has 0 bridgehead atoms. The van der Waals surface area contributed by atoms with E-state index in [9.17, 15) is 19.5 Å². The van der Waals surface area contributed by atoms with Gasteiger partial charge in [-0.2, -0.15) is 0 Å². The number of hydrogen-bond acceptors (Lipinski definition) is 5. The first-order valence-electron chi connectivity index (χ1n) is 10.7. The van der Waals surface area contributed by atoms with Gasteiger partial charge in [0.1, 0.15) is 12.2 Å². The first-order chi connectivity index (χ1) is 13.0. The van der Waals surface area contributed by atoms with E-state index in [0.717, 1.165) is 51.4 Å². The molecule has 1 N–H and O–H groups in total. The molecule has 6 heteroatoms. The lowest BCUT2D eigenvalue weighted by molar-refractivity contribution is -0.165. The van der Waals surface area contributed by atoms with Crippen LogP contribution < -0.4 is 0 Å². The van der Waals surface area contributed by atoms with Gasteiger partial charge < -0.3 is 14.6 Å². The van der Waals surface area contributed by atoms with Crippen LogP contribution in [0.5, 0.6) is 0 Å². The third kappa shape index (κ3) is 5.69. The van der Waals surface area contributed by atoms with Crippen LogP contribution >= 0.6 is 0 Å². The molecule has 6 nitrogen and oxygen atoms in total. The Balaban J connectivity index is 1.59. The number of carboxylic acid groups (broad SMARTS) is 1. The van der Waals surface area contributed by atoms with Crippen molar-refractivity contribution in [3.8, 4) is 0 Å². The maximum atomic E-state index is 12.6. The van der Waals surface area contributed by atoms with Crippen LogP contribution in [0.2, 0.25) is 0 Å². The predicted octanol–water partition coefficient (Wildman–Crippen LogP) is 3.86. The molecular weight excluding hydrogens is 348 g/mol. The summed E-state index contributed by atoms with van der Waals surface area (Å²) in [6, 6.07) is 0. The van der Waals surface area contributed by atoms with Crippen LogP contribution in [0, 0.1) is 17.8 Å². The fourth-order valence-electron chi connectivity index (χ4n) is 4.79. The average molecular weight is 380 g/mol. The third-order valence-corrected chi connectivity index (χ3v) is 6.39. The lowest BCUT2D eigenvalue weighted by atomic mass is 9.75. The number of hydrogen-bond donors (Lipinski definition) is 1. The summed E-state index contributed by atoms with van der Waals surface area (Å²) < 4.78 is 11.3. The van der Waals surface area contributed by atoms with Gasteiger partial charge in [0.25, 0.3) is 0 Å². The second-order valence-corrected chi connectivity index (χ2v) is 8.53. The molecular formula is C21H32O6. The molecule has 0 heterocycles. The molecule has 3 fully saturated rings. The predicted molar refractivity (Wildman–Crippen MR) is 97.9 cm³/mol. The highest BCUT2D eigenvalue weighted by molar-refractivity contribution is 5.79. The summed E-state index contributed by atoms with van der Waals surface area (Å²) in [4.78, 5) is 36.8. The van der Waals surface area contributed by atoms with Gasteiger partial charge in [0.05, 0.1) is 17.8 Å². The van der Waals surface area contributed by atoms with Gasteiger partial charge in [-0.25, -0.2) is 0 Å². The van der Waals surface area contributed by atoms with Gasteiger partial charge in [0.15, 0.2) is 0 Å². The number of carbonyl (C=O) groups excluding carboxylic acids is 2. The summed E-state index contributed by atoms with van der Waals surface area (Å²) in [6.07, 6.45) is 10.9. The van der Waals surface area contributed by atoms with E-state index in [4.69, 9.17) is 9.47 Å². The second-order valence-electron chi connectivity index (χ2n) is 8.53. The number of aliphatic carboxylic acids is 1. The molecule has 3 aliphatic carbocycles. The molecule has 0 aromatic carbocycles. The Bertz CT molecular complexity index is 493. The highest BCUT2D eigenvalue weighted by Gasteiger charge is 2.41. The second kappa shape index (κ2) is 9.56. The van der Waals surface area contributed by atoms with Gasteiger partial charge in [-0.3, -0.25) is 14.4 Å². The lowest BCUT2D eigenvalue weighted by Crippen LogP contribution is -2.38. The normalized spacial score (nSPS) is 30.4. The van der Waals surface area contributed by atoms with Crippen molar-refractivity contribution in [1.82, 2.24) is 0 Å². The maximum absolute atomic E-state index is 12.6. The van der Waals surface area contributed by atoms with Gasteiger partial charge in [-0.1, -0.05) is 12.8 Å². The zero-order chi connectivity index (χ0) is 19.2. The van der Waals surface area contributed by atoms with Crippen LogP contribution in [0.4, 0.5) is 0 Å². The minimum Gasteiger partial charge on any atom is -0.481 e. The van der Waals surface area contributed by atoms with Crippen LogP contribution in [0.3, 0.4) is 0 Å². The number of esters is 2. The Hall–Kier alpha value is -1.59. The van der Waals surface area contributed by atoms with E-state index in [1.54, 1.807) is 0 Å². The molecule has 0 saturated heterocycles. The summed E-state index contributed by atoms with van der Waals surface area (Å²) >= 11 is 0. The highest BCUT2D eigenvalue weighted by atomic mass is 16.5. The van der Waals surface area contributed by atoms with Crippen molar-refractivity contribution in [3.05, 3.63) is 0 Å². The van der Waals surface area contributed by atoms with Crippen molar-refractivity contribution in [1.29, 1.82) is 0 Å². The van der Waals surface area contributed by atoms with E-state index in [-0.39, 0.29) is 37.0 Å². The van der Waals surface area contributed by atoms with Crippen LogP contribution in [-0.2, 0) is 23.9 Å². The van der Waals surface area contributed by atoms with Crippen molar-refractivity contribution < 1.29 is 29.0 Å². The van der Waals surface area contributed by atoms with Crippen molar-refractivity contribution in [3.63, 3.8) is 0 Å². The lowest BCUT2D eigenvalue weighted by Gasteiger charge is -2.33. The Morgan fingerprint density at radius 3 is 1.33 bits per heavy atom. The Morgan fingerprint density at radius 2 is 0.963 bits per heavy atom. The van der Waals surface area contributed by atoms with E-state index in [0.29, 0.717) is 6.42 Å². The first-order valence-corrected chi connectivity index (χ1v) is 10.7. The van der Waals surface area contributed by atoms with Gasteiger partial charge in [-0.15, -0.1) is 0 Å². The zero-order valence-corrected chi connectivity index (χ0v) is 16.1. The summed E-state index contributed by atoms with van der Waals surface area (Å²) in [5, 5.41) is 9.48. The van der Waals surface area contributed by atoms with E-state index in [2.05, 4.69) is 0 Å². The smallest absolute Gasteiger partial charge is 0.309 e. The molecule has 0 amide bonds. The maximum Gasteiger partial charge on any atom is 0.309 e. The molecule has 0 spiro atoms. The Kier molecular flexibility index (Phi) is 7.13. The minimum absolute atomic E-state index is 0.0518. The molecule has 0 radical (unpaired) electrons. The number of ether oxygens (including phenoxy) is 2. The molecule has 3 rings (SSSR count). The van der Waals surface area contributed by atoms with Gasteiger partial charge >= 0.3 is 17.9 Å². The molecule has 3 saturated carbocycles. The van der Waals surface area contributed by atoms with Gasteiger partial charge in [0.2, 0.25) is 0 Å². The van der Waals surface area contributed by atoms with Crippen LogP contribution in [0.25, 0.3) is 0 Å². The summed E-state index contributed by atoms with van der Waals surface area (Å²) in [5.74, 6) is -3.34. The average Bonchev–Trinajstić information content (AvgIpc) is 2.69. The molecule has 2 atom stereocenters. The SMILES string of the molecule is O=C(O)C1CC(C(=O)OC2CCCCC2)CC(C(=O)OC2CCCCC2)C1. The quantitative estimate of drug-likeness (QED) is 0.729. The molecule has 3 aliphatic rings. The number of carbonyl (C=O) groups is 3. The van der Waals surface area contributed by atoms with E-state index in [1.165, 1.54) is 12.8 Å². The van der Waals surface area contributed by atoms with Crippen molar-refractivity contribution in [2.75, 3.05) is 0 Å². The largest absolute Gasteiger partial charge is 0.481 e. The van der Waals surface area contributed by atoms with E-state index in [1.807, 2.05) is 0 Å². The third-order valence-electron chi connectivity index (χ3n) is 6.39. The van der Waals surface area contributed by atoms with Crippen molar-refractivity contribution >= 4 is 17.9 Å². The number of carboxylic acids is 1. The fourth-order valence-corrected chi connectivity index (χ4v) is 4.79. The first kappa shape index (κ1) is 20.2. The van der Waals surface area contributed by atoms with Crippen LogP contribution in [0.15, 0.2) is 0 Å².